The van der Waals surface area contributed by atoms with E-state index in [4.69, 9.17) is 0 Å². The third-order valence-corrected chi connectivity index (χ3v) is 5.20. The summed E-state index contributed by atoms with van der Waals surface area (Å²) >= 11 is 0. The highest BCUT2D eigenvalue weighted by atomic mass is 16.2. The Balaban J connectivity index is 1.81. The third kappa shape index (κ3) is 4.34. The largest absolute Gasteiger partial charge is 0.356 e. The highest BCUT2D eigenvalue weighted by molar-refractivity contribution is 5.87. The Kier molecular flexibility index (Phi) is 5.88. The lowest BCUT2D eigenvalue weighted by molar-refractivity contribution is -0.135. The number of nitrogens with zero attached hydrogens (tertiary/aromatic N) is 1. The zero-order valence-electron chi connectivity index (χ0n) is 16.8. The molecule has 0 saturated heterocycles. The van der Waals surface area contributed by atoms with E-state index in [2.05, 4.69) is 42.3 Å². The van der Waals surface area contributed by atoms with Crippen molar-refractivity contribution in [3.05, 3.63) is 35.5 Å². The first-order valence-electron chi connectivity index (χ1n) is 10.0. The molecule has 1 unspecified atom stereocenters. The van der Waals surface area contributed by atoms with Crippen LogP contribution < -0.4 is 5.32 Å². The van der Waals surface area contributed by atoms with Crippen LogP contribution in [-0.2, 0) is 16.0 Å². The fourth-order valence-corrected chi connectivity index (χ4v) is 4.03. The van der Waals surface area contributed by atoms with Crippen molar-refractivity contribution in [2.45, 2.75) is 53.0 Å². The van der Waals surface area contributed by atoms with Gasteiger partial charge in [-0.05, 0) is 36.3 Å². The average molecular weight is 370 g/mol. The number of hydrogen-bond donors (Lipinski definition) is 2. The van der Waals surface area contributed by atoms with Gasteiger partial charge in [0.15, 0.2) is 0 Å². The van der Waals surface area contributed by atoms with Gasteiger partial charge in [0.25, 0.3) is 0 Å². The molecule has 5 nitrogen and oxygen atoms in total. The van der Waals surface area contributed by atoms with Crippen molar-refractivity contribution in [3.8, 4) is 0 Å². The van der Waals surface area contributed by atoms with Crippen molar-refractivity contribution in [1.82, 2.24) is 15.2 Å². The van der Waals surface area contributed by atoms with E-state index in [1.807, 2.05) is 24.8 Å². The van der Waals surface area contributed by atoms with Gasteiger partial charge < -0.3 is 15.2 Å². The SMILES string of the molecule is CC(C)CC(=O)NCC(=O)N1CCc2c([nH]c3ccccc23)C1CC(C)C. The van der Waals surface area contributed by atoms with E-state index < -0.39 is 0 Å². The second-order valence-corrected chi connectivity index (χ2v) is 8.42. The van der Waals surface area contributed by atoms with Crippen LogP contribution in [0.25, 0.3) is 10.9 Å². The molecule has 1 aliphatic rings. The van der Waals surface area contributed by atoms with Crippen molar-refractivity contribution in [2.75, 3.05) is 13.1 Å². The summed E-state index contributed by atoms with van der Waals surface area (Å²) in [5.74, 6) is 0.708. The summed E-state index contributed by atoms with van der Waals surface area (Å²) in [5, 5.41) is 4.06. The number of aromatic nitrogens is 1. The van der Waals surface area contributed by atoms with Crippen molar-refractivity contribution >= 4 is 22.7 Å². The number of H-pyrrole nitrogens is 1. The number of aromatic amines is 1. The summed E-state index contributed by atoms with van der Waals surface area (Å²) in [5.41, 5.74) is 3.64. The Morgan fingerprint density at radius 1 is 1.19 bits per heavy atom. The number of para-hydroxylation sites is 1. The lowest BCUT2D eigenvalue weighted by Gasteiger charge is -2.37. The van der Waals surface area contributed by atoms with Crippen LogP contribution in [0.5, 0.6) is 0 Å². The minimum absolute atomic E-state index is 0.00191. The maximum absolute atomic E-state index is 12.9. The molecule has 1 atom stereocenters. The van der Waals surface area contributed by atoms with E-state index in [9.17, 15) is 9.59 Å². The van der Waals surface area contributed by atoms with Crippen molar-refractivity contribution in [3.63, 3.8) is 0 Å². The van der Waals surface area contributed by atoms with E-state index in [1.165, 1.54) is 10.9 Å². The summed E-state index contributed by atoms with van der Waals surface area (Å²) < 4.78 is 0. The molecule has 1 aromatic carbocycles. The number of rotatable bonds is 6. The first-order chi connectivity index (χ1) is 12.9. The maximum Gasteiger partial charge on any atom is 0.242 e. The number of fused-ring (bicyclic) bond motifs is 3. The molecule has 0 radical (unpaired) electrons. The first-order valence-corrected chi connectivity index (χ1v) is 10.0. The number of carbonyl (C=O) groups excluding carboxylic acids is 2. The van der Waals surface area contributed by atoms with Crippen molar-refractivity contribution in [1.29, 1.82) is 0 Å². The molecular formula is C22H31N3O2. The van der Waals surface area contributed by atoms with Crippen LogP contribution in [0.3, 0.4) is 0 Å². The summed E-state index contributed by atoms with van der Waals surface area (Å²) in [6.45, 7) is 9.15. The lowest BCUT2D eigenvalue weighted by Crippen LogP contribution is -2.45. The Labute approximate surface area is 161 Å². The van der Waals surface area contributed by atoms with Gasteiger partial charge in [0.1, 0.15) is 0 Å². The van der Waals surface area contributed by atoms with Crippen LogP contribution in [-0.4, -0.2) is 34.8 Å². The van der Waals surface area contributed by atoms with Crippen LogP contribution in [0.15, 0.2) is 24.3 Å². The van der Waals surface area contributed by atoms with Crippen LogP contribution >= 0.6 is 0 Å². The van der Waals surface area contributed by atoms with E-state index in [-0.39, 0.29) is 30.3 Å². The van der Waals surface area contributed by atoms with Gasteiger partial charge in [-0.3, -0.25) is 9.59 Å². The van der Waals surface area contributed by atoms with E-state index in [0.717, 1.165) is 24.1 Å². The Hall–Kier alpha value is -2.30. The fourth-order valence-electron chi connectivity index (χ4n) is 4.03. The summed E-state index contributed by atoms with van der Waals surface area (Å²) in [7, 11) is 0. The Morgan fingerprint density at radius 2 is 1.93 bits per heavy atom. The van der Waals surface area contributed by atoms with E-state index >= 15 is 0 Å². The molecule has 2 aromatic rings. The molecule has 0 fully saturated rings. The summed E-state index contributed by atoms with van der Waals surface area (Å²) in [4.78, 5) is 30.3. The molecule has 2 N–H and O–H groups in total. The number of benzene rings is 1. The minimum atomic E-state index is -0.0536. The molecule has 1 aliphatic heterocycles. The van der Waals surface area contributed by atoms with Gasteiger partial charge in [-0.15, -0.1) is 0 Å². The van der Waals surface area contributed by atoms with Gasteiger partial charge >= 0.3 is 0 Å². The molecule has 0 saturated carbocycles. The van der Waals surface area contributed by atoms with Crippen molar-refractivity contribution in [2.24, 2.45) is 11.8 Å². The molecular weight excluding hydrogens is 338 g/mol. The third-order valence-electron chi connectivity index (χ3n) is 5.20. The van der Waals surface area contributed by atoms with Gasteiger partial charge in [-0.25, -0.2) is 0 Å². The molecule has 146 valence electrons. The second kappa shape index (κ2) is 8.15. The zero-order chi connectivity index (χ0) is 19.6. The summed E-state index contributed by atoms with van der Waals surface area (Å²) in [6, 6.07) is 8.39. The molecule has 27 heavy (non-hydrogen) atoms. The van der Waals surface area contributed by atoms with Crippen LogP contribution in [0, 0.1) is 11.8 Å². The number of nitrogens with one attached hydrogen (secondary N) is 2. The molecule has 1 aromatic heterocycles. The molecule has 0 bridgehead atoms. The number of hydrogen-bond acceptors (Lipinski definition) is 2. The topological polar surface area (TPSA) is 65.2 Å². The monoisotopic (exact) mass is 369 g/mol. The predicted molar refractivity (Wildman–Crippen MR) is 108 cm³/mol. The van der Waals surface area contributed by atoms with E-state index in [0.29, 0.717) is 18.9 Å². The molecule has 2 amide bonds. The van der Waals surface area contributed by atoms with Gasteiger partial charge in [0.2, 0.25) is 11.8 Å². The summed E-state index contributed by atoms with van der Waals surface area (Å²) in [6.07, 6.45) is 2.21. The molecule has 2 heterocycles. The molecule has 0 aliphatic carbocycles. The predicted octanol–water partition coefficient (Wildman–Crippen LogP) is 3.80. The van der Waals surface area contributed by atoms with Gasteiger partial charge in [-0.1, -0.05) is 45.9 Å². The quantitative estimate of drug-likeness (QED) is 0.813. The Bertz CT molecular complexity index is 822. The van der Waals surface area contributed by atoms with E-state index in [1.54, 1.807) is 0 Å². The molecule has 5 heteroatoms. The van der Waals surface area contributed by atoms with Crippen molar-refractivity contribution < 1.29 is 9.59 Å². The molecule has 3 rings (SSSR count). The van der Waals surface area contributed by atoms with Gasteiger partial charge in [-0.2, -0.15) is 0 Å². The smallest absolute Gasteiger partial charge is 0.242 e. The normalized spacial score (nSPS) is 16.8. The van der Waals surface area contributed by atoms with Crippen LogP contribution in [0.2, 0.25) is 0 Å². The minimum Gasteiger partial charge on any atom is -0.356 e. The number of amides is 2. The highest BCUT2D eigenvalue weighted by Gasteiger charge is 2.33. The average Bonchev–Trinajstić information content (AvgIpc) is 2.98. The second-order valence-electron chi connectivity index (χ2n) is 8.42. The highest BCUT2D eigenvalue weighted by Crippen LogP contribution is 2.37. The standard InChI is InChI=1S/C22H31N3O2/c1-14(2)11-19-22-17(16-7-5-6-8-18(16)24-22)9-10-25(19)21(27)13-23-20(26)12-15(3)4/h5-8,14-15,19,24H,9-13H2,1-4H3,(H,23,26). The lowest BCUT2D eigenvalue weighted by atomic mass is 9.91. The maximum atomic E-state index is 12.9. The van der Waals surface area contributed by atoms with Gasteiger partial charge in [0, 0.05) is 29.6 Å². The number of carbonyl (C=O) groups is 2. The Morgan fingerprint density at radius 3 is 2.63 bits per heavy atom. The molecule has 0 spiro atoms. The first kappa shape index (κ1) is 19.5. The zero-order valence-corrected chi connectivity index (χ0v) is 16.8. The van der Waals surface area contributed by atoms with Gasteiger partial charge in [0.05, 0.1) is 12.6 Å². The van der Waals surface area contributed by atoms with Crippen LogP contribution in [0.1, 0.15) is 57.8 Å². The van der Waals surface area contributed by atoms with Crippen LogP contribution in [0.4, 0.5) is 0 Å². The fraction of sp³-hybridized carbons (Fsp3) is 0.545.